The molecule has 1 aromatic heterocycles. The topological polar surface area (TPSA) is 140 Å². The van der Waals surface area contributed by atoms with Crippen molar-refractivity contribution < 1.29 is 29.5 Å². The Morgan fingerprint density at radius 1 is 1.31 bits per heavy atom. The molecule has 1 aromatic carbocycles. The first-order chi connectivity index (χ1) is 12.3. The Labute approximate surface area is 147 Å². The number of pyridine rings is 1. The van der Waals surface area contributed by atoms with Gasteiger partial charge in [0.25, 0.3) is 0 Å². The lowest BCUT2D eigenvalue weighted by Crippen LogP contribution is -2.09. The number of aromatic hydroxyl groups is 1. The van der Waals surface area contributed by atoms with E-state index in [0.29, 0.717) is 5.56 Å². The number of benzene rings is 1. The molecule has 0 aliphatic rings. The summed E-state index contributed by atoms with van der Waals surface area (Å²) in [5.74, 6) is -2.46. The van der Waals surface area contributed by atoms with Crippen LogP contribution in [0.5, 0.6) is 5.75 Å². The summed E-state index contributed by atoms with van der Waals surface area (Å²) in [6.07, 6.45) is 3.93. The highest BCUT2D eigenvalue weighted by Gasteiger charge is 2.16. The molecular weight excluding hydrogens is 344 g/mol. The van der Waals surface area contributed by atoms with E-state index in [4.69, 9.17) is 4.74 Å². The number of hydrogen-bond acceptors (Lipinski definition) is 7. The van der Waals surface area contributed by atoms with Gasteiger partial charge in [-0.05, 0) is 30.7 Å². The van der Waals surface area contributed by atoms with Crippen molar-refractivity contribution in [1.82, 2.24) is 4.98 Å². The van der Waals surface area contributed by atoms with Crippen LogP contribution in [0.2, 0.25) is 0 Å². The molecule has 0 unspecified atom stereocenters. The number of aromatic carboxylic acids is 1. The first-order valence-electron chi connectivity index (χ1n) is 7.39. The monoisotopic (exact) mass is 358 g/mol. The Morgan fingerprint density at radius 3 is 2.65 bits per heavy atom. The number of carbonyl (C=O) groups excluding carboxylic acids is 1. The Kier molecular flexibility index (Phi) is 5.63. The quantitative estimate of drug-likeness (QED) is 0.456. The molecule has 2 rings (SSSR count). The van der Waals surface area contributed by atoms with Gasteiger partial charge in [0.05, 0.1) is 28.4 Å². The molecule has 2 aromatic rings. The molecule has 134 valence electrons. The highest BCUT2D eigenvalue weighted by molar-refractivity contribution is 5.97. The lowest BCUT2D eigenvalue weighted by molar-refractivity contribution is -0.385. The predicted octanol–water partition coefficient (Wildman–Crippen LogP) is 2.74. The van der Waals surface area contributed by atoms with Crippen molar-refractivity contribution in [2.45, 2.75) is 6.92 Å². The third-order valence-corrected chi connectivity index (χ3v) is 3.29. The molecule has 0 spiro atoms. The van der Waals surface area contributed by atoms with E-state index in [9.17, 15) is 29.9 Å². The van der Waals surface area contributed by atoms with E-state index in [1.165, 1.54) is 24.4 Å². The molecule has 0 atom stereocenters. The van der Waals surface area contributed by atoms with Gasteiger partial charge in [-0.2, -0.15) is 0 Å². The van der Waals surface area contributed by atoms with E-state index in [-0.39, 0.29) is 23.4 Å². The van der Waals surface area contributed by atoms with Crippen molar-refractivity contribution in [3.63, 3.8) is 0 Å². The van der Waals surface area contributed by atoms with Crippen LogP contribution < -0.4 is 0 Å². The molecule has 0 aliphatic carbocycles. The molecule has 0 bridgehead atoms. The number of phenols is 1. The van der Waals surface area contributed by atoms with Gasteiger partial charge in [-0.3, -0.25) is 15.1 Å². The molecule has 0 saturated carbocycles. The van der Waals surface area contributed by atoms with E-state index in [0.717, 1.165) is 18.2 Å². The summed E-state index contributed by atoms with van der Waals surface area (Å²) in [7, 11) is 0. The fraction of sp³-hybridized carbons (Fsp3) is 0.118. The number of rotatable bonds is 6. The van der Waals surface area contributed by atoms with Gasteiger partial charge < -0.3 is 14.9 Å². The maximum absolute atomic E-state index is 11.7. The molecular formula is C17H14N2O7. The summed E-state index contributed by atoms with van der Waals surface area (Å²) in [5.41, 5.74) is -0.277. The zero-order valence-electron chi connectivity index (χ0n) is 13.6. The van der Waals surface area contributed by atoms with Gasteiger partial charge >= 0.3 is 17.6 Å². The fourth-order valence-electron chi connectivity index (χ4n) is 2.07. The Hall–Kier alpha value is -3.75. The minimum atomic E-state index is -1.29. The second-order valence-electron chi connectivity index (χ2n) is 5.02. The summed E-state index contributed by atoms with van der Waals surface area (Å²) in [4.78, 5) is 37.1. The van der Waals surface area contributed by atoms with Crippen molar-refractivity contribution in [3.8, 4) is 5.75 Å². The van der Waals surface area contributed by atoms with Crippen molar-refractivity contribution in [1.29, 1.82) is 0 Å². The number of carboxylic acid groups (broad SMARTS) is 1. The molecule has 9 nitrogen and oxygen atoms in total. The van der Waals surface area contributed by atoms with Gasteiger partial charge in [-0.15, -0.1) is 0 Å². The summed E-state index contributed by atoms with van der Waals surface area (Å²) < 4.78 is 4.80. The van der Waals surface area contributed by atoms with Crippen LogP contribution in [-0.4, -0.2) is 38.7 Å². The smallest absolute Gasteiger partial charge is 0.339 e. The molecule has 0 saturated heterocycles. The van der Waals surface area contributed by atoms with Crippen LogP contribution in [0.25, 0.3) is 12.2 Å². The maximum Gasteiger partial charge on any atom is 0.339 e. The van der Waals surface area contributed by atoms with Crippen molar-refractivity contribution in [2.75, 3.05) is 6.61 Å². The molecule has 1 heterocycles. The summed E-state index contributed by atoms with van der Waals surface area (Å²) in [5, 5.41) is 29.6. The van der Waals surface area contributed by atoms with Gasteiger partial charge in [-0.25, -0.2) is 9.59 Å². The Morgan fingerprint density at radius 2 is 2.04 bits per heavy atom. The number of nitrogens with zero attached hydrogens (tertiary/aromatic N) is 2. The number of hydrogen-bond donors (Lipinski definition) is 2. The summed E-state index contributed by atoms with van der Waals surface area (Å²) in [6, 6.07) is 4.87. The van der Waals surface area contributed by atoms with Crippen molar-refractivity contribution in [2.24, 2.45) is 0 Å². The van der Waals surface area contributed by atoms with Crippen molar-refractivity contribution in [3.05, 3.63) is 63.0 Å². The SMILES string of the molecule is CCOC(=O)c1cnc(C=Cc2ccc(O)c([N+](=O)[O-])c2)c(C(=O)O)c1. The van der Waals surface area contributed by atoms with Crippen LogP contribution in [0, 0.1) is 10.1 Å². The van der Waals surface area contributed by atoms with Crippen LogP contribution in [0.3, 0.4) is 0 Å². The number of carboxylic acids is 1. The largest absolute Gasteiger partial charge is 0.502 e. The van der Waals surface area contributed by atoms with Gasteiger partial charge in [0.1, 0.15) is 0 Å². The normalized spacial score (nSPS) is 10.7. The van der Waals surface area contributed by atoms with Crippen LogP contribution in [0.15, 0.2) is 30.5 Å². The lowest BCUT2D eigenvalue weighted by atomic mass is 10.1. The van der Waals surface area contributed by atoms with Crippen molar-refractivity contribution >= 4 is 29.8 Å². The number of nitro groups is 1. The average Bonchev–Trinajstić information content (AvgIpc) is 2.60. The highest BCUT2D eigenvalue weighted by Crippen LogP contribution is 2.27. The minimum Gasteiger partial charge on any atom is -0.502 e. The fourth-order valence-corrected chi connectivity index (χ4v) is 2.07. The first kappa shape index (κ1) is 18.6. The van der Waals surface area contributed by atoms with Crippen LogP contribution >= 0.6 is 0 Å². The highest BCUT2D eigenvalue weighted by atomic mass is 16.6. The molecule has 0 fully saturated rings. The number of ether oxygens (including phenoxy) is 1. The maximum atomic E-state index is 11.7. The molecule has 26 heavy (non-hydrogen) atoms. The zero-order chi connectivity index (χ0) is 19.3. The van der Waals surface area contributed by atoms with Crippen LogP contribution in [0.1, 0.15) is 38.9 Å². The summed E-state index contributed by atoms with van der Waals surface area (Å²) in [6.45, 7) is 1.76. The van der Waals surface area contributed by atoms with Gasteiger partial charge in [-0.1, -0.05) is 12.1 Å². The van der Waals surface area contributed by atoms with E-state index in [1.54, 1.807) is 6.92 Å². The first-order valence-corrected chi connectivity index (χ1v) is 7.39. The Balaban J connectivity index is 2.38. The predicted molar refractivity (Wildman–Crippen MR) is 90.8 cm³/mol. The van der Waals surface area contributed by atoms with Crippen LogP contribution in [0.4, 0.5) is 5.69 Å². The number of esters is 1. The third kappa shape index (κ3) is 4.20. The number of phenolic OH excluding ortho intramolecular Hbond substituents is 1. The van der Waals surface area contributed by atoms with E-state index >= 15 is 0 Å². The van der Waals surface area contributed by atoms with Crippen LogP contribution in [-0.2, 0) is 4.74 Å². The number of nitro benzene ring substituents is 1. The number of aromatic nitrogens is 1. The molecule has 0 aliphatic heterocycles. The van der Waals surface area contributed by atoms with Gasteiger partial charge in [0.15, 0.2) is 5.75 Å². The molecule has 9 heteroatoms. The summed E-state index contributed by atoms with van der Waals surface area (Å²) >= 11 is 0. The molecule has 0 amide bonds. The van der Waals surface area contributed by atoms with E-state index in [1.807, 2.05) is 0 Å². The average molecular weight is 358 g/mol. The van der Waals surface area contributed by atoms with Gasteiger partial charge in [0.2, 0.25) is 0 Å². The molecule has 2 N–H and O–H groups in total. The number of carbonyl (C=O) groups is 2. The molecule has 0 radical (unpaired) electrons. The zero-order valence-corrected chi connectivity index (χ0v) is 13.6. The van der Waals surface area contributed by atoms with Gasteiger partial charge in [0, 0.05) is 12.3 Å². The Bertz CT molecular complexity index is 906. The second kappa shape index (κ2) is 7.88. The minimum absolute atomic E-state index is 0.00155. The third-order valence-electron chi connectivity index (χ3n) is 3.29. The second-order valence-corrected chi connectivity index (χ2v) is 5.02. The standard InChI is InChI=1S/C17H14N2O7/c1-2-26-17(23)11-8-12(16(21)22)13(18-9-11)5-3-10-4-6-15(20)14(7-10)19(24)25/h3-9,20H,2H2,1H3,(H,21,22). The lowest BCUT2D eigenvalue weighted by Gasteiger charge is -2.05. The van der Waals surface area contributed by atoms with E-state index < -0.39 is 28.3 Å². The van der Waals surface area contributed by atoms with E-state index in [2.05, 4.69) is 4.98 Å².